The van der Waals surface area contributed by atoms with Crippen molar-refractivity contribution in [1.82, 2.24) is 5.32 Å². The zero-order valence-electron chi connectivity index (χ0n) is 28.3. The molecule has 0 aromatic carbocycles. The van der Waals surface area contributed by atoms with Crippen molar-refractivity contribution >= 4 is 47.7 Å². The summed E-state index contributed by atoms with van der Waals surface area (Å²) in [5, 5.41) is 2.47. The van der Waals surface area contributed by atoms with Gasteiger partial charge in [0, 0.05) is 55.6 Å². The molecule has 1 amide bonds. The summed E-state index contributed by atoms with van der Waals surface area (Å²) >= 11 is 0. The van der Waals surface area contributed by atoms with Crippen LogP contribution in [0.15, 0.2) is 0 Å². The Kier molecular flexibility index (Phi) is 16.9. The lowest BCUT2D eigenvalue weighted by atomic mass is 9.94. The van der Waals surface area contributed by atoms with Crippen LogP contribution in [0.4, 0.5) is 0 Å². The summed E-state index contributed by atoms with van der Waals surface area (Å²) in [7, 11) is 2.14. The van der Waals surface area contributed by atoms with Crippen LogP contribution in [-0.4, -0.2) is 124 Å². The maximum Gasteiger partial charge on any atom is 0.312 e. The average molecular weight is 694 g/mol. The monoisotopic (exact) mass is 693 g/mol. The smallest absolute Gasteiger partial charge is 0.312 e. The number of nitrogens with one attached hydrogen (secondary N) is 1. The minimum absolute atomic E-state index is 0.597. The average Bonchev–Trinajstić information content (AvgIpc) is 2.96. The van der Waals surface area contributed by atoms with Crippen molar-refractivity contribution < 1.29 is 85.7 Å². The van der Waals surface area contributed by atoms with Gasteiger partial charge in [-0.2, -0.15) is 0 Å². The molecule has 0 radical (unpaired) electrons. The number of carbonyl (C=O) groups is 8. The van der Waals surface area contributed by atoms with Crippen LogP contribution in [0.25, 0.3) is 0 Å². The highest BCUT2D eigenvalue weighted by Gasteiger charge is 2.54. The van der Waals surface area contributed by atoms with Gasteiger partial charge >= 0.3 is 41.8 Å². The molecule has 1 aliphatic rings. The van der Waals surface area contributed by atoms with Crippen LogP contribution in [0, 0.1) is 5.92 Å². The molecule has 10 unspecified atom stereocenters. The van der Waals surface area contributed by atoms with Crippen molar-refractivity contribution in [2.45, 2.75) is 111 Å². The first-order valence-corrected chi connectivity index (χ1v) is 14.5. The number of ether oxygens (including phenoxy) is 10. The van der Waals surface area contributed by atoms with Gasteiger partial charge in [0.2, 0.25) is 12.2 Å². The van der Waals surface area contributed by atoms with Gasteiger partial charge in [0.1, 0.15) is 24.9 Å². The van der Waals surface area contributed by atoms with E-state index >= 15 is 0 Å². The highest BCUT2D eigenvalue weighted by atomic mass is 16.8. The van der Waals surface area contributed by atoms with Crippen LogP contribution in [0.5, 0.6) is 0 Å². The molecule has 1 N–H and O–H groups in total. The van der Waals surface area contributed by atoms with Gasteiger partial charge in [-0.1, -0.05) is 0 Å². The molecule has 0 aromatic rings. The Bertz CT molecular complexity index is 1190. The Hall–Kier alpha value is -4.36. The van der Waals surface area contributed by atoms with Crippen molar-refractivity contribution in [3.8, 4) is 0 Å². The van der Waals surface area contributed by atoms with Crippen LogP contribution in [-0.2, 0) is 85.7 Å². The van der Waals surface area contributed by atoms with Gasteiger partial charge < -0.3 is 52.7 Å². The number of amides is 1. The third-order valence-corrected chi connectivity index (χ3v) is 6.46. The van der Waals surface area contributed by atoms with E-state index in [1.165, 1.54) is 6.92 Å². The topological polar surface area (TPSA) is 241 Å². The van der Waals surface area contributed by atoms with Crippen LogP contribution >= 0.6 is 0 Å². The third kappa shape index (κ3) is 13.0. The molecule has 0 aromatic heterocycles. The van der Waals surface area contributed by atoms with E-state index < -0.39 is 115 Å². The SMILES string of the molecule is COC(=O)C(C)C(OC(C)=O)C(OC(C)=O)C(OC(C)=O)C(OC)OC1C(COC(C)=O)OC(OC(C)=O)C(NC(C)=O)C1OC(C)=O. The second kappa shape index (κ2) is 19.5. The predicted molar refractivity (Wildman–Crippen MR) is 154 cm³/mol. The summed E-state index contributed by atoms with van der Waals surface area (Å²) < 4.78 is 54.4. The van der Waals surface area contributed by atoms with Gasteiger partial charge in [0.25, 0.3) is 0 Å². The molecule has 0 saturated carbocycles. The third-order valence-electron chi connectivity index (χ3n) is 6.46. The van der Waals surface area contributed by atoms with E-state index in [1.54, 1.807) is 0 Å². The number of hydrogen-bond donors (Lipinski definition) is 1. The molecule has 48 heavy (non-hydrogen) atoms. The number of methoxy groups -OCH3 is 2. The lowest BCUT2D eigenvalue weighted by Gasteiger charge is -2.46. The summed E-state index contributed by atoms with van der Waals surface area (Å²) in [6, 6.07) is -1.43. The van der Waals surface area contributed by atoms with Crippen LogP contribution in [0.3, 0.4) is 0 Å². The lowest BCUT2D eigenvalue weighted by molar-refractivity contribution is -0.314. The first-order chi connectivity index (χ1) is 22.3. The Morgan fingerprint density at radius 3 is 1.62 bits per heavy atom. The summed E-state index contributed by atoms with van der Waals surface area (Å²) in [4.78, 5) is 97.7. The summed E-state index contributed by atoms with van der Waals surface area (Å²) in [6.45, 7) is 7.96. The molecule has 10 atom stereocenters. The van der Waals surface area contributed by atoms with Gasteiger partial charge in [0.05, 0.1) is 13.0 Å². The van der Waals surface area contributed by atoms with E-state index in [1.807, 2.05) is 0 Å². The van der Waals surface area contributed by atoms with E-state index in [0.717, 1.165) is 62.7 Å². The van der Waals surface area contributed by atoms with E-state index in [0.29, 0.717) is 0 Å². The fourth-order valence-corrected chi connectivity index (χ4v) is 4.75. The molecule has 0 bridgehead atoms. The van der Waals surface area contributed by atoms with Crippen molar-refractivity contribution in [3.63, 3.8) is 0 Å². The molecule has 1 heterocycles. The second-order valence-corrected chi connectivity index (χ2v) is 10.5. The van der Waals surface area contributed by atoms with Crippen LogP contribution in [0.2, 0.25) is 0 Å². The van der Waals surface area contributed by atoms with Crippen molar-refractivity contribution in [1.29, 1.82) is 0 Å². The van der Waals surface area contributed by atoms with Crippen LogP contribution < -0.4 is 5.32 Å². The largest absolute Gasteiger partial charge is 0.469 e. The van der Waals surface area contributed by atoms with Gasteiger partial charge in [-0.3, -0.25) is 38.4 Å². The highest BCUT2D eigenvalue weighted by molar-refractivity contribution is 5.75. The van der Waals surface area contributed by atoms with E-state index in [2.05, 4.69) is 5.32 Å². The molecular formula is C29H43NO18. The minimum Gasteiger partial charge on any atom is -0.469 e. The number of rotatable bonds is 16. The Morgan fingerprint density at radius 2 is 1.19 bits per heavy atom. The van der Waals surface area contributed by atoms with Gasteiger partial charge in [-0.15, -0.1) is 0 Å². The Balaban J connectivity index is 3.93. The molecule has 0 aliphatic carbocycles. The predicted octanol–water partition coefficient (Wildman–Crippen LogP) is -0.764. The first kappa shape index (κ1) is 41.7. The van der Waals surface area contributed by atoms with Gasteiger partial charge in [-0.05, 0) is 6.92 Å². The molecule has 1 saturated heterocycles. The van der Waals surface area contributed by atoms with Gasteiger partial charge in [0.15, 0.2) is 30.7 Å². The molecule has 272 valence electrons. The fourth-order valence-electron chi connectivity index (χ4n) is 4.75. The molecule has 1 fully saturated rings. The quantitative estimate of drug-likeness (QED) is 0.119. The maximum absolute atomic E-state index is 12.6. The summed E-state index contributed by atoms with van der Waals surface area (Å²) in [6.07, 6.45) is -13.4. The van der Waals surface area contributed by atoms with E-state index in [-0.39, 0.29) is 0 Å². The molecule has 1 rings (SSSR count). The zero-order chi connectivity index (χ0) is 36.9. The first-order valence-electron chi connectivity index (χ1n) is 14.5. The maximum atomic E-state index is 12.6. The molecular weight excluding hydrogens is 650 g/mol. The molecule has 19 nitrogen and oxygen atoms in total. The molecule has 1 aliphatic heterocycles. The minimum atomic E-state index is -1.84. The normalized spacial score (nSPS) is 23.4. The Morgan fingerprint density at radius 1 is 0.667 bits per heavy atom. The number of esters is 7. The van der Waals surface area contributed by atoms with Crippen LogP contribution in [0.1, 0.15) is 55.4 Å². The Labute approximate surface area is 276 Å². The van der Waals surface area contributed by atoms with Crippen molar-refractivity contribution in [2.24, 2.45) is 5.92 Å². The zero-order valence-corrected chi connectivity index (χ0v) is 28.3. The number of hydrogen-bond acceptors (Lipinski definition) is 18. The van der Waals surface area contributed by atoms with Crippen molar-refractivity contribution in [2.75, 3.05) is 20.8 Å². The standard InChI is InChI=1S/C29H43NO18/c1-12(27(38)39-9)22(42-15(4)33)25(44-17(6)35)26(45-18(7)36)29(40-10)48-23-20(11-41-14(3)32)47-28(46-19(8)37)21(30-13(2)31)24(23)43-16(5)34/h12,20-26,28-29H,11H2,1-10H3,(H,30,31). The molecule has 0 spiro atoms. The lowest BCUT2D eigenvalue weighted by Crippen LogP contribution is -2.67. The number of carbonyl (C=O) groups excluding carboxylic acids is 8. The highest BCUT2D eigenvalue weighted by Crippen LogP contribution is 2.32. The van der Waals surface area contributed by atoms with Crippen molar-refractivity contribution in [3.05, 3.63) is 0 Å². The second-order valence-electron chi connectivity index (χ2n) is 10.5. The molecule has 19 heteroatoms. The van der Waals surface area contributed by atoms with E-state index in [9.17, 15) is 38.4 Å². The fraction of sp³-hybridized carbons (Fsp3) is 0.724. The van der Waals surface area contributed by atoms with E-state index in [4.69, 9.17) is 47.4 Å². The van der Waals surface area contributed by atoms with Gasteiger partial charge in [-0.25, -0.2) is 0 Å². The summed E-state index contributed by atoms with van der Waals surface area (Å²) in [5.41, 5.74) is 0. The summed E-state index contributed by atoms with van der Waals surface area (Å²) in [5.74, 6) is -8.29.